The number of nitrogens with one attached hydrogen (secondary N) is 2. The first-order chi connectivity index (χ1) is 9.17. The SMILES string of the molecule is CCCn1c(SC2CCC(NCC)C2C)n[nH]c1=O. The average molecular weight is 284 g/mol. The van der Waals surface area contributed by atoms with E-state index in [2.05, 4.69) is 36.3 Å². The molecule has 0 spiro atoms. The second-order valence-electron chi connectivity index (χ2n) is 5.22. The van der Waals surface area contributed by atoms with Crippen LogP contribution in [0.3, 0.4) is 0 Å². The molecule has 108 valence electrons. The monoisotopic (exact) mass is 284 g/mol. The van der Waals surface area contributed by atoms with Crippen molar-refractivity contribution in [3.8, 4) is 0 Å². The Morgan fingerprint density at radius 3 is 2.95 bits per heavy atom. The Morgan fingerprint density at radius 2 is 2.26 bits per heavy atom. The molecule has 0 amide bonds. The zero-order valence-electron chi connectivity index (χ0n) is 12.0. The first-order valence-corrected chi connectivity index (χ1v) is 8.10. The van der Waals surface area contributed by atoms with Crippen LogP contribution in [0.2, 0.25) is 0 Å². The van der Waals surface area contributed by atoms with Crippen molar-refractivity contribution in [1.82, 2.24) is 20.1 Å². The number of hydrogen-bond acceptors (Lipinski definition) is 4. The summed E-state index contributed by atoms with van der Waals surface area (Å²) >= 11 is 1.76. The largest absolute Gasteiger partial charge is 0.343 e. The molecular formula is C13H24N4OS. The van der Waals surface area contributed by atoms with Crippen molar-refractivity contribution >= 4 is 11.8 Å². The molecule has 1 aliphatic carbocycles. The zero-order chi connectivity index (χ0) is 13.8. The van der Waals surface area contributed by atoms with Gasteiger partial charge in [0.2, 0.25) is 0 Å². The molecule has 3 unspecified atom stereocenters. The van der Waals surface area contributed by atoms with Crippen LogP contribution in [0.25, 0.3) is 0 Å². The number of aromatic amines is 1. The van der Waals surface area contributed by atoms with Gasteiger partial charge in [0.25, 0.3) is 0 Å². The number of aromatic nitrogens is 3. The third-order valence-corrected chi connectivity index (χ3v) is 5.37. The average Bonchev–Trinajstić information content (AvgIpc) is 2.90. The van der Waals surface area contributed by atoms with Gasteiger partial charge in [-0.3, -0.25) is 4.57 Å². The van der Waals surface area contributed by atoms with Crippen LogP contribution in [0.1, 0.15) is 40.0 Å². The summed E-state index contributed by atoms with van der Waals surface area (Å²) in [6.07, 6.45) is 3.36. The third kappa shape index (κ3) is 3.23. The summed E-state index contributed by atoms with van der Waals surface area (Å²) < 4.78 is 1.76. The van der Waals surface area contributed by atoms with E-state index in [0.29, 0.717) is 17.2 Å². The molecule has 0 radical (unpaired) electrons. The highest BCUT2D eigenvalue weighted by atomic mass is 32.2. The molecule has 0 aromatic carbocycles. The lowest BCUT2D eigenvalue weighted by Gasteiger charge is -2.20. The normalized spacial score (nSPS) is 27.0. The van der Waals surface area contributed by atoms with Crippen LogP contribution in [0.5, 0.6) is 0 Å². The highest BCUT2D eigenvalue weighted by Gasteiger charge is 2.33. The van der Waals surface area contributed by atoms with Crippen LogP contribution in [-0.2, 0) is 6.54 Å². The van der Waals surface area contributed by atoms with Gasteiger partial charge in [-0.25, -0.2) is 9.89 Å². The molecule has 1 aliphatic rings. The lowest BCUT2D eigenvalue weighted by atomic mass is 10.1. The van der Waals surface area contributed by atoms with E-state index in [4.69, 9.17) is 0 Å². The molecule has 0 bridgehead atoms. The summed E-state index contributed by atoms with van der Waals surface area (Å²) in [5.41, 5.74) is -0.0850. The summed E-state index contributed by atoms with van der Waals surface area (Å²) in [6, 6.07) is 0.604. The van der Waals surface area contributed by atoms with Crippen LogP contribution in [-0.4, -0.2) is 32.6 Å². The molecule has 1 aromatic heterocycles. The van der Waals surface area contributed by atoms with E-state index in [9.17, 15) is 4.79 Å². The lowest BCUT2D eigenvalue weighted by molar-refractivity contribution is 0.441. The lowest BCUT2D eigenvalue weighted by Crippen LogP contribution is -2.33. The van der Waals surface area contributed by atoms with Crippen molar-refractivity contribution in [1.29, 1.82) is 0 Å². The van der Waals surface area contributed by atoms with Gasteiger partial charge in [0, 0.05) is 17.8 Å². The maximum absolute atomic E-state index is 11.7. The van der Waals surface area contributed by atoms with Crippen molar-refractivity contribution in [2.24, 2.45) is 5.92 Å². The van der Waals surface area contributed by atoms with Crippen molar-refractivity contribution in [3.63, 3.8) is 0 Å². The van der Waals surface area contributed by atoms with Crippen molar-refractivity contribution in [3.05, 3.63) is 10.5 Å². The minimum absolute atomic E-state index is 0.0850. The van der Waals surface area contributed by atoms with E-state index < -0.39 is 0 Å². The Labute approximate surface area is 118 Å². The van der Waals surface area contributed by atoms with Crippen molar-refractivity contribution < 1.29 is 0 Å². The second kappa shape index (κ2) is 6.61. The third-order valence-electron chi connectivity index (χ3n) is 3.88. The maximum Gasteiger partial charge on any atom is 0.343 e. The van der Waals surface area contributed by atoms with Gasteiger partial charge in [-0.05, 0) is 31.7 Å². The van der Waals surface area contributed by atoms with Gasteiger partial charge >= 0.3 is 5.69 Å². The summed E-state index contributed by atoms with van der Waals surface area (Å²) in [5, 5.41) is 11.7. The van der Waals surface area contributed by atoms with E-state index in [0.717, 1.165) is 24.7 Å². The number of hydrogen-bond donors (Lipinski definition) is 2. The molecule has 2 rings (SSSR count). The first-order valence-electron chi connectivity index (χ1n) is 7.22. The summed E-state index contributed by atoms with van der Waals surface area (Å²) in [6.45, 7) is 8.30. The minimum atomic E-state index is -0.0850. The molecule has 0 saturated heterocycles. The number of H-pyrrole nitrogens is 1. The fraction of sp³-hybridized carbons (Fsp3) is 0.846. The number of nitrogens with zero attached hydrogens (tertiary/aromatic N) is 2. The summed E-state index contributed by atoms with van der Waals surface area (Å²) in [4.78, 5) is 11.7. The topological polar surface area (TPSA) is 62.7 Å². The van der Waals surface area contributed by atoms with Gasteiger partial charge < -0.3 is 5.32 Å². The molecule has 1 saturated carbocycles. The Balaban J connectivity index is 2.04. The highest BCUT2D eigenvalue weighted by Crippen LogP contribution is 2.37. The fourth-order valence-electron chi connectivity index (χ4n) is 2.79. The van der Waals surface area contributed by atoms with Crippen LogP contribution in [0.15, 0.2) is 9.95 Å². The van der Waals surface area contributed by atoms with Crippen LogP contribution in [0, 0.1) is 5.92 Å². The van der Waals surface area contributed by atoms with Crippen molar-refractivity contribution in [2.75, 3.05) is 6.54 Å². The molecule has 1 fully saturated rings. The molecular weight excluding hydrogens is 260 g/mol. The van der Waals surface area contributed by atoms with Crippen LogP contribution in [0.4, 0.5) is 0 Å². The van der Waals surface area contributed by atoms with Gasteiger partial charge in [-0.1, -0.05) is 32.5 Å². The minimum Gasteiger partial charge on any atom is -0.314 e. The molecule has 0 aliphatic heterocycles. The quantitative estimate of drug-likeness (QED) is 0.837. The van der Waals surface area contributed by atoms with Gasteiger partial charge in [-0.2, -0.15) is 0 Å². The predicted molar refractivity (Wildman–Crippen MR) is 78.6 cm³/mol. The Hall–Kier alpha value is -0.750. The zero-order valence-corrected chi connectivity index (χ0v) is 12.8. The Kier molecular flexibility index (Phi) is 5.10. The molecule has 2 N–H and O–H groups in total. The van der Waals surface area contributed by atoms with Gasteiger partial charge in [0.1, 0.15) is 0 Å². The van der Waals surface area contributed by atoms with E-state index in [1.165, 1.54) is 12.8 Å². The summed E-state index contributed by atoms with van der Waals surface area (Å²) in [5.74, 6) is 0.617. The molecule has 19 heavy (non-hydrogen) atoms. The number of rotatable bonds is 6. The second-order valence-corrected chi connectivity index (χ2v) is 6.43. The molecule has 1 heterocycles. The number of thioether (sulfide) groups is 1. The van der Waals surface area contributed by atoms with Crippen LogP contribution < -0.4 is 11.0 Å². The van der Waals surface area contributed by atoms with Gasteiger partial charge in [0.15, 0.2) is 5.16 Å². The van der Waals surface area contributed by atoms with E-state index in [-0.39, 0.29) is 5.69 Å². The maximum atomic E-state index is 11.7. The standard InChI is InChI=1S/C13H24N4OS/c1-4-8-17-12(18)15-16-13(17)19-11-7-6-10(9(11)3)14-5-2/h9-11,14H,4-8H2,1-3H3,(H,15,18). The molecule has 3 atom stereocenters. The van der Waals surface area contributed by atoms with Crippen LogP contribution >= 0.6 is 11.8 Å². The molecule has 6 heteroatoms. The highest BCUT2D eigenvalue weighted by molar-refractivity contribution is 7.99. The van der Waals surface area contributed by atoms with Gasteiger partial charge in [-0.15, -0.1) is 5.10 Å². The predicted octanol–water partition coefficient (Wildman–Crippen LogP) is 1.85. The Morgan fingerprint density at radius 1 is 1.47 bits per heavy atom. The Bertz CT molecular complexity index is 456. The van der Waals surface area contributed by atoms with Crippen molar-refractivity contribution in [2.45, 2.75) is 63.0 Å². The van der Waals surface area contributed by atoms with Gasteiger partial charge in [0.05, 0.1) is 0 Å². The molecule has 1 aromatic rings. The first kappa shape index (κ1) is 14.7. The fourth-order valence-corrected chi connectivity index (χ4v) is 4.12. The summed E-state index contributed by atoms with van der Waals surface area (Å²) in [7, 11) is 0. The van der Waals surface area contributed by atoms with E-state index >= 15 is 0 Å². The molecule has 5 nitrogen and oxygen atoms in total. The van der Waals surface area contributed by atoms with E-state index in [1.807, 2.05) is 0 Å². The van der Waals surface area contributed by atoms with E-state index in [1.54, 1.807) is 16.3 Å². The smallest absolute Gasteiger partial charge is 0.314 e.